The summed E-state index contributed by atoms with van der Waals surface area (Å²) in [5.41, 5.74) is 5.70. The molecule has 0 aliphatic rings. The Balaban J connectivity index is 4.41. The van der Waals surface area contributed by atoms with Crippen LogP contribution >= 0.6 is 0 Å². The van der Waals surface area contributed by atoms with Gasteiger partial charge in [0.15, 0.2) is 5.82 Å². The highest BCUT2D eigenvalue weighted by atomic mass is 16.6. The number of carbonyl (C=O) groups excluding carboxylic acids is 2. The molecule has 0 atom stereocenters. The summed E-state index contributed by atoms with van der Waals surface area (Å²) in [6.07, 6.45) is 39.2. The number of unbranched alkanes of at least 4 members (excludes halogenated alkanes) is 24. The van der Waals surface area contributed by atoms with Crippen molar-refractivity contribution in [1.82, 2.24) is 10.2 Å². The molecule has 0 amide bonds. The van der Waals surface area contributed by atoms with E-state index in [-0.39, 0.29) is 23.9 Å². The van der Waals surface area contributed by atoms with Gasteiger partial charge in [-0.05, 0) is 83.8 Å². The number of hydrogen-bond donors (Lipinski definition) is 2. The predicted octanol–water partition coefficient (Wildman–Crippen LogP) is 12.7. The number of rotatable bonds is 45. The van der Waals surface area contributed by atoms with Crippen LogP contribution in [0.15, 0.2) is 12.0 Å². The van der Waals surface area contributed by atoms with Crippen LogP contribution < -0.4 is 11.1 Å². The summed E-state index contributed by atoms with van der Waals surface area (Å²) in [7, 11) is 0. The number of nitro groups is 1. The maximum absolute atomic E-state index is 12.8. The number of nitrogens with zero attached hydrogens (tertiary/aromatic N) is 2. The molecular weight excluding hydrogens is 717 g/mol. The van der Waals surface area contributed by atoms with Crippen LogP contribution in [0.4, 0.5) is 0 Å². The summed E-state index contributed by atoms with van der Waals surface area (Å²) < 4.78 is 11.5. The van der Waals surface area contributed by atoms with E-state index in [2.05, 4.69) is 31.0 Å². The predicted molar refractivity (Wildman–Crippen MR) is 239 cm³/mol. The van der Waals surface area contributed by atoms with E-state index in [1.165, 1.54) is 96.3 Å². The van der Waals surface area contributed by atoms with Crippen molar-refractivity contribution in [3.63, 3.8) is 0 Å². The van der Waals surface area contributed by atoms with Crippen molar-refractivity contribution in [1.29, 1.82) is 0 Å². The van der Waals surface area contributed by atoms with E-state index in [0.29, 0.717) is 26.0 Å². The molecule has 0 bridgehead atoms. The van der Waals surface area contributed by atoms with E-state index in [1.54, 1.807) is 0 Å². The highest BCUT2D eigenvalue weighted by Crippen LogP contribution is 2.19. The minimum absolute atomic E-state index is 0.0100. The van der Waals surface area contributed by atoms with E-state index in [0.717, 1.165) is 135 Å². The minimum Gasteiger partial charge on any atom is -0.466 e. The molecule has 0 aromatic rings. The molecule has 0 aromatic heterocycles. The molecule has 57 heavy (non-hydrogen) atoms. The zero-order valence-corrected chi connectivity index (χ0v) is 37.7. The van der Waals surface area contributed by atoms with E-state index < -0.39 is 4.92 Å². The van der Waals surface area contributed by atoms with E-state index >= 15 is 0 Å². The second-order valence-electron chi connectivity index (χ2n) is 16.6. The minimum atomic E-state index is -0.539. The highest BCUT2D eigenvalue weighted by molar-refractivity contribution is 5.69. The topological polar surface area (TPSA) is 137 Å². The lowest BCUT2D eigenvalue weighted by atomic mass is 10.0. The van der Waals surface area contributed by atoms with Gasteiger partial charge in [0.1, 0.15) is 6.10 Å². The lowest BCUT2D eigenvalue weighted by Crippen LogP contribution is -2.30. The largest absolute Gasteiger partial charge is 0.466 e. The Morgan fingerprint density at radius 1 is 0.579 bits per heavy atom. The zero-order valence-electron chi connectivity index (χ0n) is 37.7. The van der Waals surface area contributed by atoms with E-state index in [1.807, 2.05) is 0 Å². The first-order valence-corrected chi connectivity index (χ1v) is 24.2. The first kappa shape index (κ1) is 54.6. The van der Waals surface area contributed by atoms with Gasteiger partial charge in [-0.3, -0.25) is 19.7 Å². The second kappa shape index (κ2) is 43.2. The van der Waals surface area contributed by atoms with Crippen molar-refractivity contribution >= 4 is 11.9 Å². The van der Waals surface area contributed by atoms with Gasteiger partial charge in [-0.1, -0.05) is 162 Å². The van der Waals surface area contributed by atoms with Crippen LogP contribution in [-0.2, 0) is 19.1 Å². The quantitative estimate of drug-likeness (QED) is 0.0266. The van der Waals surface area contributed by atoms with Crippen LogP contribution in [0, 0.1) is 10.1 Å². The molecule has 336 valence electrons. The molecule has 0 spiro atoms. The van der Waals surface area contributed by atoms with Crippen molar-refractivity contribution < 1.29 is 24.0 Å². The lowest BCUT2D eigenvalue weighted by Gasteiger charge is -2.22. The summed E-state index contributed by atoms with van der Waals surface area (Å²) in [6.45, 7) is 10.8. The summed E-state index contributed by atoms with van der Waals surface area (Å²) in [5, 5.41) is 13.6. The Labute approximate surface area is 351 Å². The van der Waals surface area contributed by atoms with Gasteiger partial charge in [-0.15, -0.1) is 0 Å². The third-order valence-electron chi connectivity index (χ3n) is 11.0. The van der Waals surface area contributed by atoms with Gasteiger partial charge in [0, 0.05) is 19.4 Å². The fourth-order valence-corrected chi connectivity index (χ4v) is 7.43. The maximum atomic E-state index is 12.8. The second-order valence-corrected chi connectivity index (χ2v) is 16.6. The van der Waals surface area contributed by atoms with Gasteiger partial charge in [0.2, 0.25) is 0 Å². The number of nitrogens with one attached hydrogen (secondary N) is 1. The SMILES string of the molecule is CCCCCCCCCOC(=O)CCCCCCCN(CCCCCCCC(=O)OC(CCCCCCCC)CCCCCCCC)CCCNC(N)=C[N+](=O)[O-]. The van der Waals surface area contributed by atoms with Gasteiger partial charge in [0.25, 0.3) is 6.20 Å². The van der Waals surface area contributed by atoms with Crippen molar-refractivity contribution in [3.8, 4) is 0 Å². The van der Waals surface area contributed by atoms with Crippen LogP contribution in [0.2, 0.25) is 0 Å². The molecule has 0 saturated carbocycles. The molecule has 3 N–H and O–H groups in total. The Bertz CT molecular complexity index is 933. The zero-order chi connectivity index (χ0) is 41.9. The fraction of sp³-hybridized carbons (Fsp3) is 0.915. The molecule has 10 heteroatoms. The molecule has 0 rings (SSSR count). The van der Waals surface area contributed by atoms with Gasteiger partial charge >= 0.3 is 11.9 Å². The average molecular weight is 809 g/mol. The fourth-order valence-electron chi connectivity index (χ4n) is 7.43. The molecule has 0 aliphatic heterocycles. The van der Waals surface area contributed by atoms with Crippen molar-refractivity contribution in [2.75, 3.05) is 32.8 Å². The molecule has 0 aromatic carbocycles. The highest BCUT2D eigenvalue weighted by Gasteiger charge is 2.14. The van der Waals surface area contributed by atoms with Gasteiger partial charge < -0.3 is 25.4 Å². The molecule has 10 nitrogen and oxygen atoms in total. The number of esters is 2. The van der Waals surface area contributed by atoms with Crippen molar-refractivity contribution in [2.45, 2.75) is 245 Å². The number of nitrogens with two attached hydrogens (primary N) is 1. The summed E-state index contributed by atoms with van der Waals surface area (Å²) in [6, 6.07) is 0. The van der Waals surface area contributed by atoms with Crippen LogP contribution in [0.25, 0.3) is 0 Å². The molecular formula is C47H92N4O6. The molecule has 0 saturated heterocycles. The number of carbonyl (C=O) groups is 2. The standard InChI is InChI=1S/C47H92N4O6/c1-4-7-10-13-16-25-32-42-56-46(52)36-28-21-17-23-30-39-50(41-33-38-49-45(48)43-51(54)55)40-31-24-18-22-29-37-47(53)57-44(34-26-19-14-11-8-5-2)35-27-20-15-12-9-6-3/h43-44,49H,4-42,48H2,1-3H3. The Morgan fingerprint density at radius 3 is 1.47 bits per heavy atom. The maximum Gasteiger partial charge on any atom is 0.306 e. The van der Waals surface area contributed by atoms with Crippen LogP contribution in [-0.4, -0.2) is 60.7 Å². The number of ether oxygens (including phenoxy) is 2. The summed E-state index contributed by atoms with van der Waals surface area (Å²) in [5.74, 6) is 0.0214. The van der Waals surface area contributed by atoms with E-state index in [9.17, 15) is 19.7 Å². The Kier molecular flexibility index (Phi) is 41.4. The third kappa shape index (κ3) is 41.6. The molecule has 0 fully saturated rings. The first-order valence-electron chi connectivity index (χ1n) is 24.2. The molecule has 0 radical (unpaired) electrons. The first-order chi connectivity index (χ1) is 27.8. The monoisotopic (exact) mass is 809 g/mol. The average Bonchev–Trinajstić information content (AvgIpc) is 3.18. The molecule has 0 unspecified atom stereocenters. The summed E-state index contributed by atoms with van der Waals surface area (Å²) >= 11 is 0. The van der Waals surface area contributed by atoms with Gasteiger partial charge in [-0.25, -0.2) is 0 Å². The van der Waals surface area contributed by atoms with Gasteiger partial charge in [-0.2, -0.15) is 0 Å². The van der Waals surface area contributed by atoms with Crippen molar-refractivity contribution in [2.24, 2.45) is 5.73 Å². The Hall–Kier alpha value is -2.36. The van der Waals surface area contributed by atoms with Crippen LogP contribution in [0.1, 0.15) is 239 Å². The third-order valence-corrected chi connectivity index (χ3v) is 11.0. The Morgan fingerprint density at radius 2 is 0.982 bits per heavy atom. The van der Waals surface area contributed by atoms with E-state index in [4.69, 9.17) is 15.2 Å². The van der Waals surface area contributed by atoms with Crippen LogP contribution in [0.5, 0.6) is 0 Å². The molecule has 0 heterocycles. The van der Waals surface area contributed by atoms with Crippen LogP contribution in [0.3, 0.4) is 0 Å². The summed E-state index contributed by atoms with van der Waals surface area (Å²) in [4.78, 5) is 37.5. The molecule has 0 aliphatic carbocycles. The number of hydrogen-bond acceptors (Lipinski definition) is 9. The van der Waals surface area contributed by atoms with Gasteiger partial charge in [0.05, 0.1) is 11.5 Å². The smallest absolute Gasteiger partial charge is 0.306 e. The normalized spacial score (nSPS) is 11.8. The lowest BCUT2D eigenvalue weighted by molar-refractivity contribution is -0.403. The van der Waals surface area contributed by atoms with Crippen molar-refractivity contribution in [3.05, 3.63) is 22.1 Å².